The van der Waals surface area contributed by atoms with Gasteiger partial charge in [0.1, 0.15) is 11.6 Å². The molecule has 0 saturated carbocycles. The Kier molecular flexibility index (Phi) is 8.53. The lowest BCUT2D eigenvalue weighted by molar-refractivity contribution is -0.112. The van der Waals surface area contributed by atoms with Crippen LogP contribution in [0, 0.1) is 11.3 Å². The van der Waals surface area contributed by atoms with Gasteiger partial charge in [-0.2, -0.15) is 5.26 Å². The number of rotatable bonds is 8. The lowest BCUT2D eigenvalue weighted by Gasteiger charge is -2.11. The van der Waals surface area contributed by atoms with Crippen molar-refractivity contribution < 1.29 is 14.3 Å². The number of esters is 1. The van der Waals surface area contributed by atoms with E-state index in [4.69, 9.17) is 27.9 Å². The Bertz CT molecular complexity index is 968. The van der Waals surface area contributed by atoms with Gasteiger partial charge in [-0.1, -0.05) is 48.7 Å². The summed E-state index contributed by atoms with van der Waals surface area (Å²) in [5.41, 5.74) is 0.745. The van der Waals surface area contributed by atoms with E-state index >= 15 is 0 Å². The summed E-state index contributed by atoms with van der Waals surface area (Å²) in [7, 11) is 0. The van der Waals surface area contributed by atoms with Crippen LogP contribution in [0.4, 0.5) is 11.4 Å². The van der Waals surface area contributed by atoms with Crippen LogP contribution >= 0.6 is 23.2 Å². The zero-order chi connectivity index (χ0) is 21.2. The molecule has 29 heavy (non-hydrogen) atoms. The van der Waals surface area contributed by atoms with Crippen molar-refractivity contribution in [2.75, 3.05) is 17.2 Å². The van der Waals surface area contributed by atoms with E-state index in [-0.39, 0.29) is 16.8 Å². The Labute approximate surface area is 179 Å². The molecule has 2 N–H and O–H groups in total. The molecule has 0 radical (unpaired) electrons. The molecule has 0 aliphatic rings. The van der Waals surface area contributed by atoms with Crippen molar-refractivity contribution in [3.05, 3.63) is 69.8 Å². The van der Waals surface area contributed by atoms with Gasteiger partial charge >= 0.3 is 5.97 Å². The second-order valence-corrected chi connectivity index (χ2v) is 6.77. The van der Waals surface area contributed by atoms with E-state index < -0.39 is 11.9 Å². The van der Waals surface area contributed by atoms with E-state index in [0.29, 0.717) is 22.3 Å². The second-order valence-electron chi connectivity index (χ2n) is 5.93. The number of ether oxygens (including phenoxy) is 1. The zero-order valence-electron chi connectivity index (χ0n) is 15.7. The quantitative estimate of drug-likeness (QED) is 0.252. The third kappa shape index (κ3) is 6.53. The van der Waals surface area contributed by atoms with Gasteiger partial charge in [0.15, 0.2) is 0 Å². The van der Waals surface area contributed by atoms with Crippen LogP contribution in [0.2, 0.25) is 10.0 Å². The number of benzene rings is 2. The average molecular weight is 432 g/mol. The average Bonchev–Trinajstić information content (AvgIpc) is 2.70. The van der Waals surface area contributed by atoms with Gasteiger partial charge in [-0.15, -0.1) is 0 Å². The number of hydrogen-bond donors (Lipinski definition) is 2. The fraction of sp³-hybridized carbons (Fsp3) is 0.190. The summed E-state index contributed by atoms with van der Waals surface area (Å²) in [5, 5.41) is 15.5. The molecular weight excluding hydrogens is 413 g/mol. The van der Waals surface area contributed by atoms with E-state index in [2.05, 4.69) is 10.6 Å². The minimum Gasteiger partial charge on any atom is -0.462 e. The Morgan fingerprint density at radius 2 is 1.93 bits per heavy atom. The lowest BCUT2D eigenvalue weighted by Crippen LogP contribution is -2.18. The molecule has 150 valence electrons. The molecule has 0 atom stereocenters. The first-order chi connectivity index (χ1) is 14.0. The van der Waals surface area contributed by atoms with E-state index in [0.717, 1.165) is 12.8 Å². The highest BCUT2D eigenvalue weighted by molar-refractivity contribution is 6.36. The van der Waals surface area contributed by atoms with Crippen LogP contribution in [0.25, 0.3) is 0 Å². The number of hydrogen-bond acceptors (Lipinski definition) is 5. The molecular formula is C21H19Cl2N3O3. The number of unbranched alkanes of at least 4 members (excludes halogenated alkanes) is 1. The van der Waals surface area contributed by atoms with Gasteiger partial charge in [-0.05, 0) is 36.8 Å². The number of para-hydroxylation sites is 1. The smallest absolute Gasteiger partial charge is 0.340 e. The molecule has 0 spiro atoms. The van der Waals surface area contributed by atoms with Crippen LogP contribution in [-0.4, -0.2) is 18.5 Å². The van der Waals surface area contributed by atoms with Gasteiger partial charge in [0, 0.05) is 11.2 Å². The van der Waals surface area contributed by atoms with Crippen molar-refractivity contribution in [1.29, 1.82) is 5.26 Å². The minimum absolute atomic E-state index is 0.204. The number of carbonyl (C=O) groups is 2. The number of carbonyl (C=O) groups excluding carboxylic acids is 2. The molecule has 0 unspecified atom stereocenters. The van der Waals surface area contributed by atoms with Crippen molar-refractivity contribution in [3.63, 3.8) is 0 Å². The second kappa shape index (κ2) is 11.1. The number of nitrogens with one attached hydrogen (secondary N) is 2. The molecule has 6 nitrogen and oxygen atoms in total. The monoisotopic (exact) mass is 431 g/mol. The van der Waals surface area contributed by atoms with Gasteiger partial charge in [0.2, 0.25) is 0 Å². The van der Waals surface area contributed by atoms with Crippen LogP contribution in [-0.2, 0) is 9.53 Å². The number of nitriles is 1. The molecule has 2 rings (SSSR count). The maximum atomic E-state index is 12.5. The van der Waals surface area contributed by atoms with Gasteiger partial charge in [-0.3, -0.25) is 4.79 Å². The molecule has 0 saturated heterocycles. The number of amides is 1. The predicted molar refractivity (Wildman–Crippen MR) is 114 cm³/mol. The maximum Gasteiger partial charge on any atom is 0.340 e. The van der Waals surface area contributed by atoms with Crippen molar-refractivity contribution >= 4 is 46.5 Å². The molecule has 8 heteroatoms. The molecule has 0 aliphatic heterocycles. The van der Waals surface area contributed by atoms with Gasteiger partial charge < -0.3 is 15.4 Å². The fourth-order valence-corrected chi connectivity index (χ4v) is 2.71. The summed E-state index contributed by atoms with van der Waals surface area (Å²) >= 11 is 11.9. The highest BCUT2D eigenvalue weighted by Crippen LogP contribution is 2.25. The van der Waals surface area contributed by atoms with Crippen LogP contribution in [0.15, 0.2) is 54.2 Å². The first-order valence-electron chi connectivity index (χ1n) is 8.85. The van der Waals surface area contributed by atoms with Crippen molar-refractivity contribution in [3.8, 4) is 6.07 Å². The summed E-state index contributed by atoms with van der Waals surface area (Å²) < 4.78 is 5.20. The Hall–Kier alpha value is -3.01. The summed E-state index contributed by atoms with van der Waals surface area (Å²) in [6.45, 7) is 2.29. The number of nitrogens with zero attached hydrogens (tertiary/aromatic N) is 1. The molecule has 0 bridgehead atoms. The molecule has 0 aliphatic carbocycles. The van der Waals surface area contributed by atoms with Crippen LogP contribution in [0.5, 0.6) is 0 Å². The zero-order valence-corrected chi connectivity index (χ0v) is 17.2. The third-order valence-corrected chi connectivity index (χ3v) is 4.34. The van der Waals surface area contributed by atoms with Gasteiger partial charge in [-0.25, -0.2) is 4.79 Å². The van der Waals surface area contributed by atoms with Crippen LogP contribution in [0.1, 0.15) is 30.1 Å². The largest absolute Gasteiger partial charge is 0.462 e. The van der Waals surface area contributed by atoms with E-state index in [1.54, 1.807) is 36.4 Å². The molecule has 0 fully saturated rings. The van der Waals surface area contributed by atoms with E-state index in [9.17, 15) is 14.9 Å². The molecule has 2 aromatic rings. The Morgan fingerprint density at radius 1 is 1.17 bits per heavy atom. The summed E-state index contributed by atoms with van der Waals surface area (Å²) in [5.74, 6) is -1.22. The number of anilines is 2. The maximum absolute atomic E-state index is 12.5. The predicted octanol–water partition coefficient (Wildman–Crippen LogP) is 5.41. The van der Waals surface area contributed by atoms with Crippen LogP contribution in [0.3, 0.4) is 0 Å². The first-order valence-corrected chi connectivity index (χ1v) is 9.61. The van der Waals surface area contributed by atoms with E-state index in [1.807, 2.05) is 13.0 Å². The highest BCUT2D eigenvalue weighted by atomic mass is 35.5. The van der Waals surface area contributed by atoms with E-state index in [1.165, 1.54) is 12.3 Å². The molecule has 0 aromatic heterocycles. The van der Waals surface area contributed by atoms with Gasteiger partial charge in [0.05, 0.1) is 28.6 Å². The first kappa shape index (κ1) is 22.3. The summed E-state index contributed by atoms with van der Waals surface area (Å²) in [4.78, 5) is 24.7. The third-order valence-electron chi connectivity index (χ3n) is 3.79. The van der Waals surface area contributed by atoms with Crippen molar-refractivity contribution in [2.45, 2.75) is 19.8 Å². The van der Waals surface area contributed by atoms with Crippen molar-refractivity contribution in [1.82, 2.24) is 0 Å². The fourth-order valence-electron chi connectivity index (χ4n) is 2.25. The molecule has 1 amide bonds. The number of halogens is 2. The summed E-state index contributed by atoms with van der Waals surface area (Å²) in [6, 6.07) is 13.0. The summed E-state index contributed by atoms with van der Waals surface area (Å²) in [6.07, 6.45) is 2.87. The van der Waals surface area contributed by atoms with Gasteiger partial charge in [0.25, 0.3) is 5.91 Å². The molecule has 2 aromatic carbocycles. The molecule has 0 heterocycles. The topological polar surface area (TPSA) is 91.2 Å². The Balaban J connectivity index is 2.13. The van der Waals surface area contributed by atoms with Crippen molar-refractivity contribution in [2.24, 2.45) is 0 Å². The Morgan fingerprint density at radius 3 is 2.62 bits per heavy atom. The normalized spacial score (nSPS) is 10.8. The highest BCUT2D eigenvalue weighted by Gasteiger charge is 2.16. The SMILES string of the molecule is CCCCOC(=O)c1ccccc1NC(=O)/C(C#N)=C\Nc1ccc(Cl)cc1Cl. The standard InChI is InChI=1S/C21H19Cl2N3O3/c1-2-3-10-29-21(28)16-6-4-5-7-18(16)26-20(27)14(12-24)13-25-19-9-8-15(22)11-17(19)23/h4-9,11,13,25H,2-3,10H2,1H3,(H,26,27)/b14-13-. The minimum atomic E-state index is -0.682. The lowest BCUT2D eigenvalue weighted by atomic mass is 10.1. The van der Waals surface area contributed by atoms with Crippen LogP contribution < -0.4 is 10.6 Å².